The van der Waals surface area contributed by atoms with E-state index < -0.39 is 5.54 Å². The average molecular weight is 280 g/mol. The van der Waals surface area contributed by atoms with E-state index in [2.05, 4.69) is 33.0 Å². The normalized spacial score (nSPS) is 32.5. The van der Waals surface area contributed by atoms with Gasteiger partial charge in [0, 0.05) is 6.04 Å². The molecular weight excluding hydrogens is 252 g/mol. The molecule has 1 heterocycles. The molecule has 0 aromatic carbocycles. The summed E-state index contributed by atoms with van der Waals surface area (Å²) in [5, 5.41) is 3.04. The van der Waals surface area contributed by atoms with Crippen LogP contribution in [0.5, 0.6) is 0 Å². The summed E-state index contributed by atoms with van der Waals surface area (Å²) in [7, 11) is 0. The van der Waals surface area contributed by atoms with Gasteiger partial charge in [-0.1, -0.05) is 20.8 Å². The Morgan fingerprint density at radius 2 is 1.90 bits per heavy atom. The molecule has 0 aromatic heterocycles. The number of hydrogen-bond donors (Lipinski definition) is 1. The van der Waals surface area contributed by atoms with Crippen molar-refractivity contribution in [2.45, 2.75) is 77.9 Å². The zero-order valence-electron chi connectivity index (χ0n) is 13.4. The van der Waals surface area contributed by atoms with Gasteiger partial charge in [-0.05, 0) is 51.4 Å². The van der Waals surface area contributed by atoms with Gasteiger partial charge in [0.15, 0.2) is 0 Å². The van der Waals surface area contributed by atoms with Crippen molar-refractivity contribution in [2.24, 2.45) is 11.8 Å². The topological polar surface area (TPSA) is 49.4 Å². The van der Waals surface area contributed by atoms with Crippen molar-refractivity contribution in [3.8, 4) is 0 Å². The van der Waals surface area contributed by atoms with Crippen molar-refractivity contribution in [3.63, 3.8) is 0 Å². The Kier molecular flexibility index (Phi) is 4.12. The molecule has 0 aromatic rings. The summed E-state index contributed by atoms with van der Waals surface area (Å²) in [5.74, 6) is 0.883. The number of hydrogen-bond acceptors (Lipinski definition) is 2. The predicted octanol–water partition coefficient (Wildman–Crippen LogP) is 2.33. The standard InChI is InChI=1S/C16H28N2O2/c1-6-11(4)18-13(9-10(2)3)14(19)17-16(5,15(18)20)12-7-8-12/h10-13H,6-9H2,1-5H3,(H,17,19). The van der Waals surface area contributed by atoms with Crippen molar-refractivity contribution in [3.05, 3.63) is 0 Å². The lowest BCUT2D eigenvalue weighted by atomic mass is 9.86. The van der Waals surface area contributed by atoms with E-state index >= 15 is 0 Å². The molecule has 114 valence electrons. The van der Waals surface area contributed by atoms with Crippen LogP contribution in [-0.2, 0) is 9.59 Å². The fraction of sp³-hybridized carbons (Fsp3) is 0.875. The molecule has 4 nitrogen and oxygen atoms in total. The van der Waals surface area contributed by atoms with Crippen LogP contribution in [-0.4, -0.2) is 34.3 Å². The third-order valence-corrected chi connectivity index (χ3v) is 4.85. The summed E-state index contributed by atoms with van der Waals surface area (Å²) in [4.78, 5) is 27.4. The summed E-state index contributed by atoms with van der Waals surface area (Å²) in [5.41, 5.74) is -0.673. The first-order valence-corrected chi connectivity index (χ1v) is 7.96. The van der Waals surface area contributed by atoms with E-state index in [1.165, 1.54) is 0 Å². The second-order valence-corrected chi connectivity index (χ2v) is 7.08. The van der Waals surface area contributed by atoms with E-state index in [0.717, 1.165) is 25.7 Å². The van der Waals surface area contributed by atoms with Gasteiger partial charge in [-0.2, -0.15) is 0 Å². The summed E-state index contributed by atoms with van der Waals surface area (Å²) in [6.07, 6.45) is 3.72. The zero-order valence-corrected chi connectivity index (χ0v) is 13.4. The number of nitrogens with one attached hydrogen (secondary N) is 1. The second kappa shape index (κ2) is 5.38. The Morgan fingerprint density at radius 3 is 2.35 bits per heavy atom. The summed E-state index contributed by atoms with van der Waals surface area (Å²) < 4.78 is 0. The van der Waals surface area contributed by atoms with Crippen LogP contribution in [0.3, 0.4) is 0 Å². The molecule has 1 aliphatic heterocycles. The minimum absolute atomic E-state index is 0.0352. The molecule has 0 radical (unpaired) electrons. The predicted molar refractivity (Wildman–Crippen MR) is 79.1 cm³/mol. The third kappa shape index (κ3) is 2.57. The van der Waals surface area contributed by atoms with E-state index in [1.807, 2.05) is 11.8 Å². The summed E-state index contributed by atoms with van der Waals surface area (Å²) in [6, 6.07) is -0.181. The fourth-order valence-electron chi connectivity index (χ4n) is 3.24. The number of nitrogens with zero attached hydrogens (tertiary/aromatic N) is 1. The Bertz CT molecular complexity index is 403. The lowest BCUT2D eigenvalue weighted by Crippen LogP contribution is -2.71. The van der Waals surface area contributed by atoms with Gasteiger partial charge in [-0.3, -0.25) is 9.59 Å². The monoisotopic (exact) mass is 280 g/mol. The molecule has 1 N–H and O–H groups in total. The summed E-state index contributed by atoms with van der Waals surface area (Å²) in [6.45, 7) is 10.2. The lowest BCUT2D eigenvalue weighted by molar-refractivity contribution is -0.158. The molecule has 2 rings (SSSR count). The number of rotatable bonds is 5. The van der Waals surface area contributed by atoms with Crippen LogP contribution in [0.15, 0.2) is 0 Å². The van der Waals surface area contributed by atoms with Gasteiger partial charge >= 0.3 is 0 Å². The van der Waals surface area contributed by atoms with E-state index in [0.29, 0.717) is 11.8 Å². The highest BCUT2D eigenvalue weighted by Crippen LogP contribution is 2.43. The highest BCUT2D eigenvalue weighted by molar-refractivity contribution is 6.00. The molecule has 0 spiro atoms. The van der Waals surface area contributed by atoms with Crippen LogP contribution in [0.25, 0.3) is 0 Å². The van der Waals surface area contributed by atoms with E-state index in [-0.39, 0.29) is 23.9 Å². The Labute approximate surface area is 122 Å². The third-order valence-electron chi connectivity index (χ3n) is 4.85. The van der Waals surface area contributed by atoms with Crippen LogP contribution in [0.2, 0.25) is 0 Å². The number of piperazine rings is 1. The molecule has 20 heavy (non-hydrogen) atoms. The zero-order chi connectivity index (χ0) is 15.1. The minimum atomic E-state index is -0.673. The second-order valence-electron chi connectivity index (χ2n) is 7.08. The van der Waals surface area contributed by atoms with Gasteiger partial charge in [-0.25, -0.2) is 0 Å². The minimum Gasteiger partial charge on any atom is -0.340 e. The average Bonchev–Trinajstić information content (AvgIpc) is 3.19. The van der Waals surface area contributed by atoms with Gasteiger partial charge in [0.2, 0.25) is 11.8 Å². The highest BCUT2D eigenvalue weighted by Gasteiger charge is 2.55. The molecule has 4 heteroatoms. The number of carbonyl (C=O) groups excluding carboxylic acids is 2. The molecule has 2 aliphatic rings. The quantitative estimate of drug-likeness (QED) is 0.840. The molecule has 0 bridgehead atoms. The molecule has 2 amide bonds. The molecule has 3 unspecified atom stereocenters. The van der Waals surface area contributed by atoms with Crippen LogP contribution in [0.1, 0.15) is 60.3 Å². The fourth-order valence-corrected chi connectivity index (χ4v) is 3.24. The van der Waals surface area contributed by atoms with E-state index in [9.17, 15) is 9.59 Å². The van der Waals surface area contributed by atoms with Gasteiger partial charge in [-0.15, -0.1) is 0 Å². The Morgan fingerprint density at radius 1 is 1.30 bits per heavy atom. The maximum absolute atomic E-state index is 13.0. The van der Waals surface area contributed by atoms with Crippen LogP contribution in [0.4, 0.5) is 0 Å². The number of amides is 2. The van der Waals surface area contributed by atoms with Crippen LogP contribution in [0, 0.1) is 11.8 Å². The van der Waals surface area contributed by atoms with Crippen molar-refractivity contribution in [1.82, 2.24) is 10.2 Å². The first kappa shape index (κ1) is 15.3. The lowest BCUT2D eigenvalue weighted by Gasteiger charge is -2.47. The van der Waals surface area contributed by atoms with E-state index in [4.69, 9.17) is 0 Å². The molecule has 1 aliphatic carbocycles. The highest BCUT2D eigenvalue weighted by atomic mass is 16.2. The van der Waals surface area contributed by atoms with Crippen molar-refractivity contribution in [2.75, 3.05) is 0 Å². The first-order chi connectivity index (χ1) is 9.31. The van der Waals surface area contributed by atoms with Crippen LogP contribution < -0.4 is 5.32 Å². The molecule has 1 saturated carbocycles. The SMILES string of the molecule is CCC(C)N1C(=O)C(C)(C2CC2)NC(=O)C1CC(C)C. The van der Waals surface area contributed by atoms with Gasteiger partial charge < -0.3 is 10.2 Å². The van der Waals surface area contributed by atoms with Gasteiger partial charge in [0.1, 0.15) is 11.6 Å². The van der Waals surface area contributed by atoms with Crippen LogP contribution >= 0.6 is 0 Å². The van der Waals surface area contributed by atoms with Gasteiger partial charge in [0.05, 0.1) is 0 Å². The molecule has 3 atom stereocenters. The molecule has 2 fully saturated rings. The van der Waals surface area contributed by atoms with Gasteiger partial charge in [0.25, 0.3) is 0 Å². The molecule has 1 saturated heterocycles. The number of carbonyl (C=O) groups is 2. The van der Waals surface area contributed by atoms with Crippen molar-refractivity contribution < 1.29 is 9.59 Å². The maximum Gasteiger partial charge on any atom is 0.249 e. The van der Waals surface area contributed by atoms with Crippen molar-refractivity contribution >= 4 is 11.8 Å². The smallest absolute Gasteiger partial charge is 0.249 e. The Balaban J connectivity index is 2.30. The first-order valence-electron chi connectivity index (χ1n) is 7.96. The largest absolute Gasteiger partial charge is 0.340 e. The molecular formula is C16H28N2O2. The van der Waals surface area contributed by atoms with Crippen molar-refractivity contribution in [1.29, 1.82) is 0 Å². The summed E-state index contributed by atoms with van der Waals surface area (Å²) >= 11 is 0. The van der Waals surface area contributed by atoms with E-state index in [1.54, 1.807) is 0 Å². The maximum atomic E-state index is 13.0. The Hall–Kier alpha value is -1.06.